The highest BCUT2D eigenvalue weighted by Crippen LogP contribution is 2.33. The van der Waals surface area contributed by atoms with Crippen LogP contribution in [0.25, 0.3) is 28.6 Å². The van der Waals surface area contributed by atoms with Crippen LogP contribution >= 0.6 is 0 Å². The molecule has 0 saturated carbocycles. The second-order valence-electron chi connectivity index (χ2n) is 8.70. The van der Waals surface area contributed by atoms with Gasteiger partial charge in [0.25, 0.3) is 5.89 Å². The van der Waals surface area contributed by atoms with Crippen LogP contribution in [0.2, 0.25) is 0 Å². The SMILES string of the molecule is Cc1cc(-c2noc(-c3cn4cc(C(F)(F)F)cc(C)c4n3)n2)c(C)cc1O[C@@H]1CCC(=O)NC1. The number of amides is 1. The van der Waals surface area contributed by atoms with E-state index >= 15 is 0 Å². The second-order valence-corrected chi connectivity index (χ2v) is 8.70. The zero-order chi connectivity index (χ0) is 24.9. The number of hydrogen-bond donors (Lipinski definition) is 1. The maximum atomic E-state index is 13.2. The molecule has 0 aliphatic carbocycles. The van der Waals surface area contributed by atoms with Gasteiger partial charge in [-0.05, 0) is 62.1 Å². The van der Waals surface area contributed by atoms with E-state index in [0.717, 1.165) is 29.0 Å². The van der Waals surface area contributed by atoms with Crippen molar-refractivity contribution < 1.29 is 27.2 Å². The Hall–Kier alpha value is -3.89. The van der Waals surface area contributed by atoms with Crippen LogP contribution in [0.4, 0.5) is 13.2 Å². The number of nitrogens with zero attached hydrogens (tertiary/aromatic N) is 4. The van der Waals surface area contributed by atoms with Gasteiger partial charge < -0.3 is 19.0 Å². The standard InChI is InChI=1S/C24H22F3N5O3/c1-12-8-19(34-16-4-5-20(33)28-9-16)13(2)7-17(12)21-30-23(35-31-21)18-11-32-10-15(24(25,26)27)6-14(3)22(32)29-18/h6-8,10-11,16H,4-5,9H2,1-3H3,(H,28,33)/t16-/m1/s1. The lowest BCUT2D eigenvalue weighted by molar-refractivity contribution is -0.137. The Balaban J connectivity index is 1.42. The molecule has 1 amide bonds. The minimum Gasteiger partial charge on any atom is -0.488 e. The number of hydrogen-bond acceptors (Lipinski definition) is 6. The number of halogens is 3. The predicted octanol–water partition coefficient (Wildman–Crippen LogP) is 4.65. The van der Waals surface area contributed by atoms with E-state index in [-0.39, 0.29) is 23.6 Å². The summed E-state index contributed by atoms with van der Waals surface area (Å²) in [5.41, 5.74) is 2.74. The summed E-state index contributed by atoms with van der Waals surface area (Å²) in [6.07, 6.45) is -1.04. The summed E-state index contributed by atoms with van der Waals surface area (Å²) >= 11 is 0. The van der Waals surface area contributed by atoms with Gasteiger partial charge in [0.1, 0.15) is 23.2 Å². The summed E-state index contributed by atoms with van der Waals surface area (Å²) in [6, 6.07) is 4.84. The van der Waals surface area contributed by atoms with Crippen LogP contribution in [0, 0.1) is 20.8 Å². The molecule has 1 fully saturated rings. The molecule has 5 rings (SSSR count). The van der Waals surface area contributed by atoms with E-state index in [1.54, 1.807) is 6.92 Å². The first-order chi connectivity index (χ1) is 16.6. The molecule has 0 spiro atoms. The van der Waals surface area contributed by atoms with Gasteiger partial charge in [-0.1, -0.05) is 5.16 Å². The molecule has 11 heteroatoms. The van der Waals surface area contributed by atoms with Crippen molar-refractivity contribution in [2.75, 3.05) is 6.54 Å². The Kier molecular flexibility index (Phi) is 5.49. The Morgan fingerprint density at radius 1 is 1.09 bits per heavy atom. The number of benzene rings is 1. The third kappa shape index (κ3) is 4.45. The molecule has 1 aliphatic rings. The number of nitrogens with one attached hydrogen (secondary N) is 1. The van der Waals surface area contributed by atoms with E-state index in [9.17, 15) is 18.0 Å². The first-order valence-corrected chi connectivity index (χ1v) is 11.0. The summed E-state index contributed by atoms with van der Waals surface area (Å²) in [7, 11) is 0. The molecule has 1 aromatic carbocycles. The van der Waals surface area contributed by atoms with Crippen LogP contribution in [0.5, 0.6) is 5.75 Å². The van der Waals surface area contributed by atoms with E-state index in [2.05, 4.69) is 20.4 Å². The third-order valence-corrected chi connectivity index (χ3v) is 5.98. The van der Waals surface area contributed by atoms with Crippen LogP contribution in [0.1, 0.15) is 35.1 Å². The van der Waals surface area contributed by atoms with E-state index < -0.39 is 11.7 Å². The van der Waals surface area contributed by atoms with Crippen LogP contribution in [0.15, 0.2) is 35.1 Å². The first kappa shape index (κ1) is 22.9. The van der Waals surface area contributed by atoms with Crippen LogP contribution in [-0.4, -0.2) is 38.1 Å². The Morgan fingerprint density at radius 2 is 1.89 bits per heavy atom. The minimum absolute atomic E-state index is 0.0302. The van der Waals surface area contributed by atoms with E-state index in [1.165, 1.54) is 10.6 Å². The second kappa shape index (κ2) is 8.40. The van der Waals surface area contributed by atoms with Crippen molar-refractivity contribution in [2.24, 2.45) is 0 Å². The van der Waals surface area contributed by atoms with Crippen molar-refractivity contribution in [3.8, 4) is 28.7 Å². The maximum absolute atomic E-state index is 13.2. The monoisotopic (exact) mass is 485 g/mol. The van der Waals surface area contributed by atoms with Crippen LogP contribution in [-0.2, 0) is 11.0 Å². The zero-order valence-corrected chi connectivity index (χ0v) is 19.2. The molecule has 1 aliphatic heterocycles. The fraction of sp³-hybridized carbons (Fsp3) is 0.333. The van der Waals surface area contributed by atoms with E-state index in [4.69, 9.17) is 9.26 Å². The van der Waals surface area contributed by atoms with Crippen molar-refractivity contribution in [1.29, 1.82) is 0 Å². The molecule has 1 atom stereocenters. The lowest BCUT2D eigenvalue weighted by Gasteiger charge is -2.24. The number of aromatic nitrogens is 4. The number of piperidine rings is 1. The van der Waals surface area contributed by atoms with Gasteiger partial charge in [-0.15, -0.1) is 0 Å². The minimum atomic E-state index is -4.46. The quantitative estimate of drug-likeness (QED) is 0.452. The molecular weight excluding hydrogens is 463 g/mol. The first-order valence-electron chi connectivity index (χ1n) is 11.0. The molecule has 1 saturated heterocycles. The molecule has 3 aromatic heterocycles. The van der Waals surface area contributed by atoms with Gasteiger partial charge in [0.05, 0.1) is 12.1 Å². The molecule has 1 N–H and O–H groups in total. The van der Waals surface area contributed by atoms with Crippen molar-refractivity contribution in [2.45, 2.75) is 45.9 Å². The molecule has 0 unspecified atom stereocenters. The fourth-order valence-electron chi connectivity index (χ4n) is 4.11. The summed E-state index contributed by atoms with van der Waals surface area (Å²) in [5, 5.41) is 6.87. The van der Waals surface area contributed by atoms with E-state index in [0.29, 0.717) is 42.2 Å². The third-order valence-electron chi connectivity index (χ3n) is 5.98. The molecule has 8 nitrogen and oxygen atoms in total. The summed E-state index contributed by atoms with van der Waals surface area (Å²) in [6.45, 7) is 5.84. The maximum Gasteiger partial charge on any atom is 0.417 e. The van der Waals surface area contributed by atoms with E-state index in [1.807, 2.05) is 26.0 Å². The van der Waals surface area contributed by atoms with Gasteiger partial charge in [-0.2, -0.15) is 18.2 Å². The topological polar surface area (TPSA) is 94.6 Å². The summed E-state index contributed by atoms with van der Waals surface area (Å²) in [4.78, 5) is 20.2. The fourth-order valence-corrected chi connectivity index (χ4v) is 4.11. The van der Waals surface area contributed by atoms with Crippen molar-refractivity contribution >= 4 is 11.6 Å². The lowest BCUT2D eigenvalue weighted by Crippen LogP contribution is -2.40. The largest absolute Gasteiger partial charge is 0.488 e. The zero-order valence-electron chi connectivity index (χ0n) is 19.2. The van der Waals surface area contributed by atoms with Gasteiger partial charge in [0.2, 0.25) is 11.7 Å². The lowest BCUT2D eigenvalue weighted by atomic mass is 10.0. The molecule has 4 aromatic rings. The average Bonchev–Trinajstić information content (AvgIpc) is 3.44. The molecular formula is C24H22F3N5O3. The predicted molar refractivity (Wildman–Crippen MR) is 120 cm³/mol. The Bertz CT molecular complexity index is 1430. The highest BCUT2D eigenvalue weighted by Gasteiger charge is 2.32. The Morgan fingerprint density at radius 3 is 2.60 bits per heavy atom. The molecule has 0 bridgehead atoms. The Labute approximate surface area is 198 Å². The smallest absolute Gasteiger partial charge is 0.417 e. The van der Waals surface area contributed by atoms with Gasteiger partial charge >= 0.3 is 6.18 Å². The average molecular weight is 485 g/mol. The number of alkyl halides is 3. The van der Waals surface area contributed by atoms with Gasteiger partial charge in [0, 0.05) is 24.4 Å². The number of fused-ring (bicyclic) bond motifs is 1. The number of pyridine rings is 1. The molecule has 0 radical (unpaired) electrons. The molecule has 35 heavy (non-hydrogen) atoms. The highest BCUT2D eigenvalue weighted by molar-refractivity contribution is 5.76. The highest BCUT2D eigenvalue weighted by atomic mass is 19.4. The van der Waals surface area contributed by atoms with Gasteiger partial charge in [-0.3, -0.25) is 4.79 Å². The van der Waals surface area contributed by atoms with Crippen LogP contribution < -0.4 is 10.1 Å². The number of imidazole rings is 1. The van der Waals surface area contributed by atoms with Gasteiger partial charge in [0.15, 0.2) is 0 Å². The number of carbonyl (C=O) groups is 1. The molecule has 4 heterocycles. The van der Waals surface area contributed by atoms with Crippen molar-refractivity contribution in [3.05, 3.63) is 52.8 Å². The van der Waals surface area contributed by atoms with Crippen molar-refractivity contribution in [3.63, 3.8) is 0 Å². The number of aryl methyl sites for hydroxylation is 3. The number of ether oxygens (including phenoxy) is 1. The van der Waals surface area contributed by atoms with Gasteiger partial charge in [-0.25, -0.2) is 4.98 Å². The molecule has 182 valence electrons. The van der Waals surface area contributed by atoms with Crippen LogP contribution in [0.3, 0.4) is 0 Å². The number of carbonyl (C=O) groups excluding carboxylic acids is 1. The summed E-state index contributed by atoms with van der Waals surface area (Å²) < 4.78 is 52.3. The number of rotatable bonds is 4. The normalized spacial score (nSPS) is 16.5. The summed E-state index contributed by atoms with van der Waals surface area (Å²) in [5.74, 6) is 1.18. The van der Waals surface area contributed by atoms with Crippen molar-refractivity contribution in [1.82, 2.24) is 24.8 Å².